The van der Waals surface area contributed by atoms with Crippen LogP contribution in [0.25, 0.3) is 0 Å². The molecule has 0 amide bonds. The Kier molecular flexibility index (Phi) is 6.27. The van der Waals surface area contributed by atoms with Crippen LogP contribution < -0.4 is 6.15 Å². The highest BCUT2D eigenvalue weighted by atomic mass is 16.6. The smallest absolute Gasteiger partial charge is 0.261 e. The second kappa shape index (κ2) is 5.17. The molecule has 0 saturated carbocycles. The van der Waals surface area contributed by atoms with Gasteiger partial charge in [-0.15, -0.1) is 0 Å². The van der Waals surface area contributed by atoms with Gasteiger partial charge in [-0.05, 0) is 0 Å². The third kappa shape index (κ3) is 7.03. The predicted octanol–water partition coefficient (Wildman–Crippen LogP) is 0.404. The van der Waals surface area contributed by atoms with Gasteiger partial charge in [0.2, 0.25) is 5.78 Å². The lowest BCUT2D eigenvalue weighted by atomic mass is 10.3. The Morgan fingerprint density at radius 2 is 2.11 bits per heavy atom. The third-order valence-corrected chi connectivity index (χ3v) is 0.700. The summed E-state index contributed by atoms with van der Waals surface area (Å²) in [6, 6.07) is 0. The third-order valence-electron chi connectivity index (χ3n) is 0.700. The van der Waals surface area contributed by atoms with Crippen LogP contribution in [-0.2, 0) is 4.79 Å². The van der Waals surface area contributed by atoms with Crippen molar-refractivity contribution in [3.63, 3.8) is 0 Å². The van der Waals surface area contributed by atoms with Gasteiger partial charge in [-0.1, -0.05) is 6.92 Å². The van der Waals surface area contributed by atoms with Crippen molar-refractivity contribution in [2.45, 2.75) is 13.3 Å². The molecule has 0 spiro atoms. The predicted molar refractivity (Wildman–Crippen MR) is 32.2 cm³/mol. The van der Waals surface area contributed by atoms with Crippen molar-refractivity contribution in [1.82, 2.24) is 6.15 Å². The number of nitro groups is 1. The summed E-state index contributed by atoms with van der Waals surface area (Å²) in [4.78, 5) is 19.1. The number of carbonyl (C=O) groups excluding carboxylic acids is 1. The van der Waals surface area contributed by atoms with Crippen LogP contribution in [0, 0.1) is 10.1 Å². The first kappa shape index (κ1) is 10.9. The molecule has 0 aliphatic carbocycles. The molecule has 9 heavy (non-hydrogen) atoms. The van der Waals surface area contributed by atoms with E-state index in [2.05, 4.69) is 0 Å². The van der Waals surface area contributed by atoms with E-state index in [0.29, 0.717) is 0 Å². The Bertz CT molecular complexity index is 112. The van der Waals surface area contributed by atoms with Crippen molar-refractivity contribution < 1.29 is 9.72 Å². The Balaban J connectivity index is 0. The molecular weight excluding hydrogens is 124 g/mol. The SMILES string of the molecule is CCC(=O)C[N+](=O)[O-].N. The van der Waals surface area contributed by atoms with Crippen molar-refractivity contribution in [2.24, 2.45) is 0 Å². The van der Waals surface area contributed by atoms with Crippen LogP contribution in [0.15, 0.2) is 0 Å². The summed E-state index contributed by atoms with van der Waals surface area (Å²) in [5.74, 6) is -0.324. The van der Waals surface area contributed by atoms with Gasteiger partial charge < -0.3 is 6.15 Å². The van der Waals surface area contributed by atoms with Crippen molar-refractivity contribution in [1.29, 1.82) is 0 Å². The Morgan fingerprint density at radius 3 is 2.22 bits per heavy atom. The first-order valence-electron chi connectivity index (χ1n) is 2.30. The van der Waals surface area contributed by atoms with Crippen LogP contribution in [-0.4, -0.2) is 17.3 Å². The maximum atomic E-state index is 10.2. The highest BCUT2D eigenvalue weighted by Gasteiger charge is 2.04. The van der Waals surface area contributed by atoms with Crippen LogP contribution in [0.3, 0.4) is 0 Å². The molecule has 0 atom stereocenters. The van der Waals surface area contributed by atoms with E-state index in [1.165, 1.54) is 0 Å². The van der Waals surface area contributed by atoms with E-state index in [-0.39, 0.29) is 18.4 Å². The molecule has 0 heterocycles. The fourth-order valence-electron chi connectivity index (χ4n) is 0.256. The number of rotatable bonds is 3. The van der Waals surface area contributed by atoms with E-state index in [9.17, 15) is 14.9 Å². The van der Waals surface area contributed by atoms with E-state index in [0.717, 1.165) is 0 Å². The molecule has 0 fully saturated rings. The highest BCUT2D eigenvalue weighted by molar-refractivity contribution is 5.78. The maximum Gasteiger partial charge on any atom is 0.261 e. The van der Waals surface area contributed by atoms with Gasteiger partial charge in [0.15, 0.2) is 0 Å². The molecule has 0 bridgehead atoms. The molecule has 0 radical (unpaired) electrons. The lowest BCUT2D eigenvalue weighted by molar-refractivity contribution is -0.467. The number of hydrogen-bond donors (Lipinski definition) is 1. The number of carbonyl (C=O) groups is 1. The molecule has 0 aromatic rings. The zero-order valence-corrected chi connectivity index (χ0v) is 5.29. The first-order valence-corrected chi connectivity index (χ1v) is 2.30. The molecule has 5 nitrogen and oxygen atoms in total. The van der Waals surface area contributed by atoms with Crippen LogP contribution >= 0.6 is 0 Å². The monoisotopic (exact) mass is 134 g/mol. The van der Waals surface area contributed by atoms with Crippen molar-refractivity contribution in [3.05, 3.63) is 10.1 Å². The molecule has 0 unspecified atom stereocenters. The van der Waals surface area contributed by atoms with Crippen LogP contribution in [0.5, 0.6) is 0 Å². The van der Waals surface area contributed by atoms with Gasteiger partial charge in [-0.25, -0.2) is 0 Å². The van der Waals surface area contributed by atoms with E-state index in [4.69, 9.17) is 0 Å². The molecule has 0 aromatic heterocycles. The van der Waals surface area contributed by atoms with Gasteiger partial charge in [-0.3, -0.25) is 14.9 Å². The minimum absolute atomic E-state index is 0. The van der Waals surface area contributed by atoms with Gasteiger partial charge in [0.05, 0.1) is 0 Å². The summed E-state index contributed by atoms with van der Waals surface area (Å²) in [5, 5.41) is 9.55. The minimum atomic E-state index is -0.619. The summed E-state index contributed by atoms with van der Waals surface area (Å²) in [7, 11) is 0. The highest BCUT2D eigenvalue weighted by Crippen LogP contribution is 1.79. The average molecular weight is 134 g/mol. The molecule has 0 aromatic carbocycles. The number of Topliss-reactive ketones (excluding diaryl/α,β-unsaturated/α-hetero) is 1. The fourth-order valence-corrected chi connectivity index (χ4v) is 0.256. The van der Waals surface area contributed by atoms with Crippen molar-refractivity contribution in [2.75, 3.05) is 6.54 Å². The summed E-state index contributed by atoms with van der Waals surface area (Å²) >= 11 is 0. The van der Waals surface area contributed by atoms with Crippen LogP contribution in [0.4, 0.5) is 0 Å². The maximum absolute atomic E-state index is 10.2. The van der Waals surface area contributed by atoms with E-state index in [1.54, 1.807) is 6.92 Å². The molecule has 0 aliphatic heterocycles. The zero-order valence-electron chi connectivity index (χ0n) is 5.29. The van der Waals surface area contributed by atoms with Crippen molar-refractivity contribution >= 4 is 5.78 Å². The van der Waals surface area contributed by atoms with E-state index in [1.807, 2.05) is 0 Å². The summed E-state index contributed by atoms with van der Waals surface area (Å²) in [6.45, 7) is 1.07. The lowest BCUT2D eigenvalue weighted by Gasteiger charge is -1.85. The topological polar surface area (TPSA) is 95.2 Å². The molecular formula is C4H10N2O3. The fraction of sp³-hybridized carbons (Fsp3) is 0.750. The molecule has 0 rings (SSSR count). The largest absolute Gasteiger partial charge is 0.344 e. The van der Waals surface area contributed by atoms with Gasteiger partial charge in [0.25, 0.3) is 6.54 Å². The zero-order chi connectivity index (χ0) is 6.57. The van der Waals surface area contributed by atoms with Gasteiger partial charge in [0.1, 0.15) is 0 Å². The Labute approximate surface area is 52.8 Å². The molecule has 5 heteroatoms. The quantitative estimate of drug-likeness (QED) is 0.446. The van der Waals surface area contributed by atoms with Gasteiger partial charge in [-0.2, -0.15) is 0 Å². The molecule has 0 aliphatic rings. The molecule has 3 N–H and O–H groups in total. The lowest BCUT2D eigenvalue weighted by Crippen LogP contribution is -2.11. The van der Waals surface area contributed by atoms with Crippen molar-refractivity contribution in [3.8, 4) is 0 Å². The van der Waals surface area contributed by atoms with Crippen LogP contribution in [0.2, 0.25) is 0 Å². The second-order valence-electron chi connectivity index (χ2n) is 1.38. The minimum Gasteiger partial charge on any atom is -0.344 e. The van der Waals surface area contributed by atoms with Crippen LogP contribution in [0.1, 0.15) is 13.3 Å². The standard InChI is InChI=1S/C4H7NO3.H3N/c1-2-4(6)3-5(7)8;/h2-3H2,1H3;1H3. The number of ketones is 1. The summed E-state index contributed by atoms with van der Waals surface area (Å²) in [5.41, 5.74) is 0. The first-order chi connectivity index (χ1) is 3.66. The average Bonchev–Trinajstić information content (AvgIpc) is 1.65. The summed E-state index contributed by atoms with van der Waals surface area (Å²) in [6.07, 6.45) is 0.251. The van der Waals surface area contributed by atoms with E-state index >= 15 is 0 Å². The molecule has 54 valence electrons. The van der Waals surface area contributed by atoms with Gasteiger partial charge >= 0.3 is 0 Å². The number of nitrogens with zero attached hydrogens (tertiary/aromatic N) is 1. The second-order valence-corrected chi connectivity index (χ2v) is 1.38. The number of hydrogen-bond acceptors (Lipinski definition) is 4. The normalized spacial score (nSPS) is 7.67. The molecule has 0 saturated heterocycles. The van der Waals surface area contributed by atoms with E-state index < -0.39 is 11.5 Å². The Hall–Kier alpha value is -0.970. The Morgan fingerprint density at radius 1 is 1.67 bits per heavy atom. The summed E-state index contributed by atoms with van der Waals surface area (Å²) < 4.78 is 0. The van der Waals surface area contributed by atoms with Gasteiger partial charge in [0, 0.05) is 11.3 Å².